The van der Waals surface area contributed by atoms with Crippen LogP contribution >= 0.6 is 11.6 Å². The maximum absolute atomic E-state index is 11.8. The molecule has 2 amide bonds. The SMILES string of the molecule is CCOc1ncccc1CNC(=O)Nc1cccc(Cl)c1. The van der Waals surface area contributed by atoms with Gasteiger partial charge in [0.25, 0.3) is 0 Å². The van der Waals surface area contributed by atoms with Crippen molar-refractivity contribution < 1.29 is 9.53 Å². The molecule has 0 fully saturated rings. The molecule has 21 heavy (non-hydrogen) atoms. The van der Waals surface area contributed by atoms with E-state index in [0.29, 0.717) is 29.7 Å². The zero-order valence-corrected chi connectivity index (χ0v) is 12.4. The molecule has 0 aliphatic rings. The van der Waals surface area contributed by atoms with Crippen LogP contribution in [0.2, 0.25) is 5.02 Å². The summed E-state index contributed by atoms with van der Waals surface area (Å²) in [5, 5.41) is 6.03. The molecule has 0 aliphatic carbocycles. The highest BCUT2D eigenvalue weighted by molar-refractivity contribution is 6.30. The van der Waals surface area contributed by atoms with Crippen molar-refractivity contribution in [2.45, 2.75) is 13.5 Å². The summed E-state index contributed by atoms with van der Waals surface area (Å²) < 4.78 is 5.40. The van der Waals surface area contributed by atoms with Crippen LogP contribution in [0.15, 0.2) is 42.6 Å². The van der Waals surface area contributed by atoms with Gasteiger partial charge < -0.3 is 15.4 Å². The van der Waals surface area contributed by atoms with E-state index in [-0.39, 0.29) is 6.03 Å². The maximum atomic E-state index is 11.8. The molecule has 0 saturated heterocycles. The number of carbonyl (C=O) groups is 1. The number of urea groups is 1. The molecule has 0 saturated carbocycles. The molecule has 6 heteroatoms. The van der Waals surface area contributed by atoms with Gasteiger partial charge in [-0.05, 0) is 31.2 Å². The maximum Gasteiger partial charge on any atom is 0.319 e. The van der Waals surface area contributed by atoms with Crippen LogP contribution in [-0.4, -0.2) is 17.6 Å². The Morgan fingerprint density at radius 1 is 1.33 bits per heavy atom. The van der Waals surface area contributed by atoms with Crippen LogP contribution in [0.1, 0.15) is 12.5 Å². The Balaban J connectivity index is 1.92. The number of rotatable bonds is 5. The van der Waals surface area contributed by atoms with Crippen molar-refractivity contribution in [3.05, 3.63) is 53.2 Å². The molecule has 2 rings (SSSR count). The zero-order valence-electron chi connectivity index (χ0n) is 11.6. The Bertz CT molecular complexity index is 619. The van der Waals surface area contributed by atoms with Gasteiger partial charge in [-0.15, -0.1) is 0 Å². The van der Waals surface area contributed by atoms with Crippen molar-refractivity contribution >= 4 is 23.3 Å². The Morgan fingerprint density at radius 2 is 2.19 bits per heavy atom. The predicted molar refractivity (Wildman–Crippen MR) is 82.7 cm³/mol. The van der Waals surface area contributed by atoms with Crippen LogP contribution in [0.25, 0.3) is 0 Å². The van der Waals surface area contributed by atoms with Gasteiger partial charge in [0, 0.05) is 29.0 Å². The average molecular weight is 306 g/mol. The number of carbonyl (C=O) groups excluding carboxylic acids is 1. The number of pyridine rings is 1. The molecule has 2 aromatic rings. The lowest BCUT2D eigenvalue weighted by Crippen LogP contribution is -2.28. The molecule has 0 aliphatic heterocycles. The van der Waals surface area contributed by atoms with Crippen molar-refractivity contribution in [3.63, 3.8) is 0 Å². The van der Waals surface area contributed by atoms with Crippen molar-refractivity contribution in [1.82, 2.24) is 10.3 Å². The highest BCUT2D eigenvalue weighted by Crippen LogP contribution is 2.15. The number of aromatic nitrogens is 1. The van der Waals surface area contributed by atoms with Gasteiger partial charge in [0.15, 0.2) is 0 Å². The van der Waals surface area contributed by atoms with Crippen LogP contribution < -0.4 is 15.4 Å². The summed E-state index contributed by atoms with van der Waals surface area (Å²) in [6.45, 7) is 2.74. The fourth-order valence-electron chi connectivity index (χ4n) is 1.74. The van der Waals surface area contributed by atoms with Crippen molar-refractivity contribution in [2.75, 3.05) is 11.9 Å². The van der Waals surface area contributed by atoms with Gasteiger partial charge in [-0.3, -0.25) is 0 Å². The molecule has 0 bridgehead atoms. The second-order valence-corrected chi connectivity index (χ2v) is 4.66. The summed E-state index contributed by atoms with van der Waals surface area (Å²) in [6.07, 6.45) is 1.65. The van der Waals surface area contributed by atoms with Crippen LogP contribution in [0.5, 0.6) is 5.88 Å². The Morgan fingerprint density at radius 3 is 2.95 bits per heavy atom. The van der Waals surface area contributed by atoms with Crippen LogP contribution in [0.4, 0.5) is 10.5 Å². The summed E-state index contributed by atoms with van der Waals surface area (Å²) in [6, 6.07) is 10.3. The highest BCUT2D eigenvalue weighted by atomic mass is 35.5. The summed E-state index contributed by atoms with van der Waals surface area (Å²) in [4.78, 5) is 16.0. The van der Waals surface area contributed by atoms with E-state index >= 15 is 0 Å². The zero-order chi connectivity index (χ0) is 15.1. The van der Waals surface area contributed by atoms with Crippen LogP contribution in [0, 0.1) is 0 Å². The predicted octanol–water partition coefficient (Wildman–Crippen LogP) is 3.46. The summed E-state index contributed by atoms with van der Waals surface area (Å²) >= 11 is 5.86. The average Bonchev–Trinajstić information content (AvgIpc) is 2.47. The van der Waals surface area contributed by atoms with E-state index in [4.69, 9.17) is 16.3 Å². The topological polar surface area (TPSA) is 63.2 Å². The van der Waals surface area contributed by atoms with Gasteiger partial charge in [0.1, 0.15) is 0 Å². The molecule has 1 aromatic carbocycles. The third-order valence-electron chi connectivity index (χ3n) is 2.65. The van der Waals surface area contributed by atoms with Crippen LogP contribution in [-0.2, 0) is 6.54 Å². The second kappa shape index (κ2) is 7.50. The minimum absolute atomic E-state index is 0.316. The monoisotopic (exact) mass is 305 g/mol. The molecule has 2 N–H and O–H groups in total. The number of hydrogen-bond donors (Lipinski definition) is 2. The molecular weight excluding hydrogens is 290 g/mol. The number of amides is 2. The molecule has 5 nitrogen and oxygen atoms in total. The van der Waals surface area contributed by atoms with E-state index in [1.165, 1.54) is 0 Å². The lowest BCUT2D eigenvalue weighted by molar-refractivity contribution is 0.251. The van der Waals surface area contributed by atoms with Crippen molar-refractivity contribution in [2.24, 2.45) is 0 Å². The van der Waals surface area contributed by atoms with Gasteiger partial charge >= 0.3 is 6.03 Å². The van der Waals surface area contributed by atoms with Crippen LogP contribution in [0.3, 0.4) is 0 Å². The molecule has 1 heterocycles. The molecule has 0 radical (unpaired) electrons. The first-order valence-corrected chi connectivity index (χ1v) is 6.94. The number of nitrogens with zero attached hydrogens (tertiary/aromatic N) is 1. The van der Waals surface area contributed by atoms with Crippen molar-refractivity contribution in [1.29, 1.82) is 0 Å². The Kier molecular flexibility index (Phi) is 5.40. The first-order valence-electron chi connectivity index (χ1n) is 6.56. The molecule has 0 spiro atoms. The van der Waals surface area contributed by atoms with E-state index in [1.54, 1.807) is 36.5 Å². The van der Waals surface area contributed by atoms with E-state index in [9.17, 15) is 4.79 Å². The first-order chi connectivity index (χ1) is 10.2. The van der Waals surface area contributed by atoms with Gasteiger partial charge in [0.2, 0.25) is 5.88 Å². The van der Waals surface area contributed by atoms with E-state index in [1.807, 2.05) is 13.0 Å². The lowest BCUT2D eigenvalue weighted by Gasteiger charge is -2.10. The van der Waals surface area contributed by atoms with Gasteiger partial charge in [-0.1, -0.05) is 23.7 Å². The molecule has 1 aromatic heterocycles. The largest absolute Gasteiger partial charge is 0.478 e. The molecule has 0 atom stereocenters. The second-order valence-electron chi connectivity index (χ2n) is 4.22. The molecule has 110 valence electrons. The third kappa shape index (κ3) is 4.65. The number of benzene rings is 1. The molecule has 0 unspecified atom stereocenters. The summed E-state index contributed by atoms with van der Waals surface area (Å²) in [5.41, 5.74) is 1.46. The van der Waals surface area contributed by atoms with Gasteiger partial charge in [-0.25, -0.2) is 9.78 Å². The minimum atomic E-state index is -0.316. The summed E-state index contributed by atoms with van der Waals surface area (Å²) in [5.74, 6) is 0.531. The van der Waals surface area contributed by atoms with E-state index in [2.05, 4.69) is 15.6 Å². The molecular formula is C15H16ClN3O2. The van der Waals surface area contributed by atoms with Gasteiger partial charge in [-0.2, -0.15) is 0 Å². The quantitative estimate of drug-likeness (QED) is 0.889. The number of anilines is 1. The highest BCUT2D eigenvalue weighted by Gasteiger charge is 2.06. The Labute approximate surface area is 128 Å². The fraction of sp³-hybridized carbons (Fsp3) is 0.200. The number of halogens is 1. The fourth-order valence-corrected chi connectivity index (χ4v) is 1.93. The smallest absolute Gasteiger partial charge is 0.319 e. The third-order valence-corrected chi connectivity index (χ3v) is 2.89. The first kappa shape index (κ1) is 15.1. The summed E-state index contributed by atoms with van der Waals surface area (Å²) in [7, 11) is 0. The van der Waals surface area contributed by atoms with Gasteiger partial charge in [0.05, 0.1) is 6.61 Å². The standard InChI is InChI=1S/C15H16ClN3O2/c1-2-21-14-11(5-4-8-17-14)10-18-15(20)19-13-7-3-6-12(16)9-13/h3-9H,2,10H2,1H3,(H2,18,19,20). The van der Waals surface area contributed by atoms with Crippen molar-refractivity contribution in [3.8, 4) is 5.88 Å². The Hall–Kier alpha value is -2.27. The minimum Gasteiger partial charge on any atom is -0.478 e. The number of hydrogen-bond acceptors (Lipinski definition) is 3. The van der Waals surface area contributed by atoms with E-state index < -0.39 is 0 Å². The normalized spacial score (nSPS) is 10.0. The number of nitrogens with one attached hydrogen (secondary N) is 2. The lowest BCUT2D eigenvalue weighted by atomic mass is 10.2. The van der Waals surface area contributed by atoms with E-state index in [0.717, 1.165) is 5.56 Å². The number of ether oxygens (including phenoxy) is 1.